The average Bonchev–Trinajstić information content (AvgIpc) is 3.76. The number of hydrogen-bond acceptors (Lipinski definition) is 5. The van der Waals surface area contributed by atoms with Crippen LogP contribution in [0.4, 0.5) is 0 Å². The molecule has 5 heteroatoms. The van der Waals surface area contributed by atoms with Crippen molar-refractivity contribution in [1.82, 2.24) is 15.0 Å². The molecule has 6 aromatic carbocycles. The van der Waals surface area contributed by atoms with Gasteiger partial charge in [-0.3, -0.25) is 0 Å². The molecule has 4 nitrogen and oxygen atoms in total. The second-order valence-electron chi connectivity index (χ2n) is 12.7. The molecule has 10 rings (SSSR count). The Labute approximate surface area is 293 Å². The van der Waals surface area contributed by atoms with Crippen LogP contribution in [0.1, 0.15) is 22.2 Å². The van der Waals surface area contributed by atoms with Gasteiger partial charge >= 0.3 is 0 Å². The van der Waals surface area contributed by atoms with E-state index in [0.29, 0.717) is 11.6 Å². The number of fused-ring (bicyclic) bond motifs is 6. The maximum Gasteiger partial charge on any atom is 0.165 e. The molecule has 3 heterocycles. The second-order valence-corrected chi connectivity index (χ2v) is 13.9. The van der Waals surface area contributed by atoms with Gasteiger partial charge in [0.2, 0.25) is 0 Å². The Bertz CT molecular complexity index is 2730. The minimum Gasteiger partial charge on any atom is -0.456 e. The molecule has 1 unspecified atom stereocenters. The van der Waals surface area contributed by atoms with Gasteiger partial charge in [0.25, 0.3) is 0 Å². The van der Waals surface area contributed by atoms with E-state index >= 15 is 0 Å². The quantitative estimate of drug-likeness (QED) is 0.184. The zero-order valence-corrected chi connectivity index (χ0v) is 27.8. The lowest BCUT2D eigenvalue weighted by Gasteiger charge is -2.18. The molecule has 1 aliphatic rings. The summed E-state index contributed by atoms with van der Waals surface area (Å²) in [5.41, 5.74) is 9.35. The normalized spacial score (nSPS) is 14.0. The molecule has 0 fully saturated rings. The van der Waals surface area contributed by atoms with Crippen LogP contribution in [-0.2, 0) is 6.42 Å². The summed E-state index contributed by atoms with van der Waals surface area (Å²) >= 11 is 1.87. The highest BCUT2D eigenvalue weighted by molar-refractivity contribution is 7.19. The van der Waals surface area contributed by atoms with Gasteiger partial charge in [0.15, 0.2) is 11.6 Å². The molecule has 0 spiro atoms. The topological polar surface area (TPSA) is 51.8 Å². The van der Waals surface area contributed by atoms with Crippen LogP contribution in [0, 0.1) is 0 Å². The van der Waals surface area contributed by atoms with Gasteiger partial charge in [0.05, 0.1) is 0 Å². The van der Waals surface area contributed by atoms with Crippen molar-refractivity contribution in [1.29, 1.82) is 0 Å². The van der Waals surface area contributed by atoms with Crippen LogP contribution in [0.2, 0.25) is 0 Å². The monoisotopic (exact) mass is 659 g/mol. The Hall–Kier alpha value is -6.17. The highest BCUT2D eigenvalue weighted by Gasteiger charge is 2.26. The SMILES string of the molecule is C1=CC(c2nc(-c3ccccc3)nc(-c3c(-c4ccc(-c5ccccc5)cc4)ccc4oc5ccccc5c34)n2)Cc2sc3ccccc3c21. The molecule has 1 atom stereocenters. The summed E-state index contributed by atoms with van der Waals surface area (Å²) in [6.45, 7) is 0. The predicted molar refractivity (Wildman–Crippen MR) is 206 cm³/mol. The minimum absolute atomic E-state index is 0.00803. The summed E-state index contributed by atoms with van der Waals surface area (Å²) in [6.07, 6.45) is 5.37. The van der Waals surface area contributed by atoms with Crippen molar-refractivity contribution < 1.29 is 4.42 Å². The van der Waals surface area contributed by atoms with Gasteiger partial charge in [-0.15, -0.1) is 11.3 Å². The fourth-order valence-electron chi connectivity index (χ4n) is 7.26. The molecule has 9 aromatic rings. The van der Waals surface area contributed by atoms with E-state index in [1.54, 1.807) is 0 Å². The van der Waals surface area contributed by atoms with E-state index in [-0.39, 0.29) is 5.92 Å². The number of para-hydroxylation sites is 1. The number of furan rings is 1. The standard InChI is InChI=1S/C45H29N3OS/c1-3-11-28(12-4-1)29-19-21-30(22-20-29)33-25-26-38-41(36-16-7-9-17-37(36)49-38)42(33)45-47-43(31-13-5-2-6-14-31)46-44(48-45)32-23-24-35-34-15-8-10-18-39(34)50-40(35)27-32/h1-26,32H,27H2. The van der Waals surface area contributed by atoms with E-state index in [9.17, 15) is 0 Å². The molecule has 0 aliphatic heterocycles. The first kappa shape index (κ1) is 28.8. The average molecular weight is 660 g/mol. The molecule has 0 radical (unpaired) electrons. The largest absolute Gasteiger partial charge is 0.456 e. The summed E-state index contributed by atoms with van der Waals surface area (Å²) in [5.74, 6) is 2.08. The van der Waals surface area contributed by atoms with Gasteiger partial charge in [-0.05, 0) is 63.9 Å². The number of hydrogen-bond donors (Lipinski definition) is 0. The van der Waals surface area contributed by atoms with Crippen molar-refractivity contribution in [3.8, 4) is 45.0 Å². The highest BCUT2D eigenvalue weighted by atomic mass is 32.1. The molecule has 0 N–H and O–H groups in total. The lowest BCUT2D eigenvalue weighted by Crippen LogP contribution is -2.11. The third kappa shape index (κ3) is 4.86. The molecular weight excluding hydrogens is 631 g/mol. The molecule has 0 bridgehead atoms. The number of allylic oxidation sites excluding steroid dienone is 1. The molecule has 236 valence electrons. The lowest BCUT2D eigenvalue weighted by atomic mass is 9.92. The Balaban J connectivity index is 1.19. The summed E-state index contributed by atoms with van der Waals surface area (Å²) < 4.78 is 7.74. The Morgan fingerprint density at radius 2 is 1.20 bits per heavy atom. The van der Waals surface area contributed by atoms with Crippen molar-refractivity contribution in [3.05, 3.63) is 168 Å². The van der Waals surface area contributed by atoms with Crippen LogP contribution >= 0.6 is 11.3 Å². The van der Waals surface area contributed by atoms with Crippen LogP contribution < -0.4 is 0 Å². The zero-order chi connectivity index (χ0) is 33.0. The molecule has 0 saturated heterocycles. The second kappa shape index (κ2) is 11.8. The van der Waals surface area contributed by atoms with Crippen molar-refractivity contribution in [2.45, 2.75) is 12.3 Å². The first-order valence-corrected chi connectivity index (χ1v) is 17.7. The Kier molecular flexibility index (Phi) is 6.78. The van der Waals surface area contributed by atoms with Crippen LogP contribution in [0.5, 0.6) is 0 Å². The molecule has 0 saturated carbocycles. The zero-order valence-electron chi connectivity index (χ0n) is 27.0. The van der Waals surface area contributed by atoms with Gasteiger partial charge in [0, 0.05) is 37.4 Å². The van der Waals surface area contributed by atoms with E-state index in [1.165, 1.54) is 31.7 Å². The van der Waals surface area contributed by atoms with Gasteiger partial charge in [0.1, 0.15) is 17.0 Å². The maximum absolute atomic E-state index is 6.43. The van der Waals surface area contributed by atoms with Crippen molar-refractivity contribution in [2.75, 3.05) is 0 Å². The third-order valence-electron chi connectivity index (χ3n) is 9.70. The van der Waals surface area contributed by atoms with E-state index in [4.69, 9.17) is 19.4 Å². The Morgan fingerprint density at radius 3 is 2.02 bits per heavy atom. The van der Waals surface area contributed by atoms with Crippen LogP contribution in [-0.4, -0.2) is 15.0 Å². The smallest absolute Gasteiger partial charge is 0.165 e. The number of aromatic nitrogens is 3. The summed E-state index contributed by atoms with van der Waals surface area (Å²) in [7, 11) is 0. The fraction of sp³-hybridized carbons (Fsp3) is 0.0444. The third-order valence-corrected chi connectivity index (χ3v) is 10.9. The number of rotatable bonds is 5. The van der Waals surface area contributed by atoms with E-state index in [1.807, 2.05) is 47.7 Å². The van der Waals surface area contributed by atoms with E-state index < -0.39 is 0 Å². The first-order chi connectivity index (χ1) is 24.8. The lowest BCUT2D eigenvalue weighted by molar-refractivity contribution is 0.669. The van der Waals surface area contributed by atoms with E-state index in [2.05, 4.69) is 121 Å². The maximum atomic E-state index is 6.43. The van der Waals surface area contributed by atoms with Crippen LogP contribution in [0.3, 0.4) is 0 Å². The summed E-state index contributed by atoms with van der Waals surface area (Å²) in [5, 5.41) is 3.35. The number of thiophene rings is 1. The van der Waals surface area contributed by atoms with Gasteiger partial charge in [-0.1, -0.05) is 133 Å². The highest BCUT2D eigenvalue weighted by Crippen LogP contribution is 2.44. The van der Waals surface area contributed by atoms with Gasteiger partial charge in [-0.25, -0.2) is 15.0 Å². The number of nitrogens with zero attached hydrogens (tertiary/aromatic N) is 3. The molecule has 1 aliphatic carbocycles. The number of benzene rings is 6. The van der Waals surface area contributed by atoms with Crippen molar-refractivity contribution >= 4 is 49.4 Å². The van der Waals surface area contributed by atoms with Gasteiger partial charge < -0.3 is 4.42 Å². The van der Waals surface area contributed by atoms with Crippen molar-refractivity contribution in [3.63, 3.8) is 0 Å². The van der Waals surface area contributed by atoms with E-state index in [0.717, 1.165) is 56.4 Å². The van der Waals surface area contributed by atoms with Crippen LogP contribution in [0.15, 0.2) is 156 Å². The van der Waals surface area contributed by atoms with Crippen molar-refractivity contribution in [2.24, 2.45) is 0 Å². The molecule has 3 aromatic heterocycles. The minimum atomic E-state index is 0.00803. The predicted octanol–water partition coefficient (Wildman–Crippen LogP) is 12.0. The van der Waals surface area contributed by atoms with Gasteiger partial charge in [-0.2, -0.15) is 0 Å². The molecular formula is C45H29N3OS. The molecule has 0 amide bonds. The Morgan fingerprint density at radius 1 is 0.540 bits per heavy atom. The molecule has 50 heavy (non-hydrogen) atoms. The first-order valence-electron chi connectivity index (χ1n) is 16.9. The van der Waals surface area contributed by atoms with Crippen LogP contribution in [0.25, 0.3) is 83.1 Å². The fourth-order valence-corrected chi connectivity index (χ4v) is 8.51. The summed E-state index contributed by atoms with van der Waals surface area (Å²) in [6, 6.07) is 50.6. The summed E-state index contributed by atoms with van der Waals surface area (Å²) in [4.78, 5) is 17.1.